The minimum absolute atomic E-state index is 0.343. The molecule has 2 rings (SSSR count). The molecule has 2 aromatic rings. The summed E-state index contributed by atoms with van der Waals surface area (Å²) in [4.78, 5) is 18.8. The molecule has 0 fully saturated rings. The van der Waals surface area contributed by atoms with Crippen LogP contribution in [0.2, 0.25) is 0 Å². The summed E-state index contributed by atoms with van der Waals surface area (Å²) in [5, 5.41) is 11.0. The topological polar surface area (TPSA) is 79.5 Å². The van der Waals surface area contributed by atoms with Gasteiger partial charge in [-0.1, -0.05) is 0 Å². The third kappa shape index (κ3) is 1.94. The highest BCUT2D eigenvalue weighted by atomic mass is 127. The molecule has 2 N–H and O–H groups in total. The van der Waals surface area contributed by atoms with Crippen LogP contribution in [0, 0.1) is 3.70 Å². The largest absolute Gasteiger partial charge is 0.465 e. The van der Waals surface area contributed by atoms with Gasteiger partial charge in [0, 0.05) is 12.4 Å². The van der Waals surface area contributed by atoms with Crippen molar-refractivity contribution in [1.29, 1.82) is 0 Å². The zero-order valence-electron chi connectivity index (χ0n) is 8.38. The van der Waals surface area contributed by atoms with Crippen LogP contribution in [0.25, 0.3) is 5.65 Å². The first-order chi connectivity index (χ1) is 7.59. The SMILES string of the molecule is CC(NC(=O)O)c1nc2cnccn2c1I. The van der Waals surface area contributed by atoms with Gasteiger partial charge in [0.05, 0.1) is 17.9 Å². The Morgan fingerprint density at radius 3 is 3.06 bits per heavy atom. The number of nitrogens with one attached hydrogen (secondary N) is 1. The summed E-state index contributed by atoms with van der Waals surface area (Å²) in [5.74, 6) is 0. The number of carboxylic acid groups (broad SMARTS) is 1. The maximum absolute atomic E-state index is 10.5. The van der Waals surface area contributed by atoms with Crippen LogP contribution in [-0.4, -0.2) is 25.6 Å². The molecule has 0 spiro atoms. The van der Waals surface area contributed by atoms with E-state index in [0.717, 1.165) is 3.70 Å². The maximum Gasteiger partial charge on any atom is 0.405 e. The van der Waals surface area contributed by atoms with Crippen LogP contribution in [0.5, 0.6) is 0 Å². The molecular weight excluding hydrogens is 323 g/mol. The van der Waals surface area contributed by atoms with Crippen molar-refractivity contribution in [1.82, 2.24) is 19.7 Å². The summed E-state index contributed by atoms with van der Waals surface area (Å²) in [5.41, 5.74) is 1.41. The fourth-order valence-electron chi connectivity index (χ4n) is 1.42. The highest BCUT2D eigenvalue weighted by Crippen LogP contribution is 2.20. The van der Waals surface area contributed by atoms with Gasteiger partial charge in [-0.25, -0.2) is 9.78 Å². The molecule has 0 aliphatic rings. The molecule has 0 bridgehead atoms. The van der Waals surface area contributed by atoms with Gasteiger partial charge in [-0.2, -0.15) is 0 Å². The second kappa shape index (κ2) is 4.24. The number of nitrogens with zero attached hydrogens (tertiary/aromatic N) is 3. The average Bonchev–Trinajstić information content (AvgIpc) is 2.56. The van der Waals surface area contributed by atoms with Gasteiger partial charge in [-0.05, 0) is 29.5 Å². The molecule has 84 valence electrons. The van der Waals surface area contributed by atoms with E-state index in [1.54, 1.807) is 25.5 Å². The highest BCUT2D eigenvalue weighted by Gasteiger charge is 2.17. The van der Waals surface area contributed by atoms with E-state index in [4.69, 9.17) is 5.11 Å². The first-order valence-electron chi connectivity index (χ1n) is 4.56. The van der Waals surface area contributed by atoms with Gasteiger partial charge in [0.1, 0.15) is 3.70 Å². The van der Waals surface area contributed by atoms with E-state index in [9.17, 15) is 4.79 Å². The quantitative estimate of drug-likeness (QED) is 0.820. The first-order valence-corrected chi connectivity index (χ1v) is 5.64. The summed E-state index contributed by atoms with van der Waals surface area (Å²) in [6.45, 7) is 1.76. The number of hydrogen-bond acceptors (Lipinski definition) is 3. The summed E-state index contributed by atoms with van der Waals surface area (Å²) < 4.78 is 2.75. The van der Waals surface area contributed by atoms with Gasteiger partial charge in [-0.15, -0.1) is 0 Å². The number of amides is 1. The summed E-state index contributed by atoms with van der Waals surface area (Å²) in [6.07, 6.45) is 4.04. The van der Waals surface area contributed by atoms with E-state index in [1.807, 2.05) is 4.40 Å². The zero-order valence-corrected chi connectivity index (χ0v) is 10.5. The number of carbonyl (C=O) groups is 1. The average molecular weight is 332 g/mol. The van der Waals surface area contributed by atoms with E-state index in [0.29, 0.717) is 11.3 Å². The van der Waals surface area contributed by atoms with Gasteiger partial charge in [0.25, 0.3) is 0 Å². The number of halogens is 1. The zero-order chi connectivity index (χ0) is 11.7. The van der Waals surface area contributed by atoms with Crippen LogP contribution >= 0.6 is 22.6 Å². The van der Waals surface area contributed by atoms with Gasteiger partial charge >= 0.3 is 6.09 Å². The van der Waals surface area contributed by atoms with Crippen LogP contribution in [0.15, 0.2) is 18.6 Å². The van der Waals surface area contributed by atoms with Crippen LogP contribution in [0.4, 0.5) is 4.79 Å². The molecule has 0 radical (unpaired) electrons. The summed E-state index contributed by atoms with van der Waals surface area (Å²) >= 11 is 2.14. The van der Waals surface area contributed by atoms with E-state index >= 15 is 0 Å². The third-order valence-electron chi connectivity index (χ3n) is 2.15. The van der Waals surface area contributed by atoms with Crippen LogP contribution in [0.1, 0.15) is 18.7 Å². The van der Waals surface area contributed by atoms with Gasteiger partial charge < -0.3 is 10.4 Å². The molecular formula is C9H9IN4O2. The second-order valence-corrected chi connectivity index (χ2v) is 4.29. The molecule has 7 heteroatoms. The van der Waals surface area contributed by atoms with Crippen molar-refractivity contribution in [2.75, 3.05) is 0 Å². The molecule has 0 saturated heterocycles. The molecule has 0 aromatic carbocycles. The smallest absolute Gasteiger partial charge is 0.405 e. The highest BCUT2D eigenvalue weighted by molar-refractivity contribution is 14.1. The van der Waals surface area contributed by atoms with Gasteiger partial charge in [0.2, 0.25) is 0 Å². The molecule has 2 aromatic heterocycles. The Bertz CT molecular complexity index is 539. The van der Waals surface area contributed by atoms with Crippen molar-refractivity contribution in [3.8, 4) is 0 Å². The number of imidazole rings is 1. The first kappa shape index (κ1) is 11.1. The Morgan fingerprint density at radius 1 is 1.69 bits per heavy atom. The molecule has 0 aliphatic heterocycles. The van der Waals surface area contributed by atoms with E-state index in [-0.39, 0.29) is 6.04 Å². The Hall–Kier alpha value is -1.38. The van der Waals surface area contributed by atoms with Crippen molar-refractivity contribution >= 4 is 34.3 Å². The molecule has 0 aliphatic carbocycles. The molecule has 6 nitrogen and oxygen atoms in total. The van der Waals surface area contributed by atoms with Crippen LogP contribution in [0.3, 0.4) is 0 Å². The lowest BCUT2D eigenvalue weighted by Gasteiger charge is -2.08. The van der Waals surface area contributed by atoms with Gasteiger partial charge in [0.15, 0.2) is 5.65 Å². The second-order valence-electron chi connectivity index (χ2n) is 3.26. The molecule has 16 heavy (non-hydrogen) atoms. The summed E-state index contributed by atoms with van der Waals surface area (Å²) in [6, 6.07) is -0.343. The lowest BCUT2D eigenvalue weighted by Crippen LogP contribution is -2.25. The minimum atomic E-state index is -1.06. The Morgan fingerprint density at radius 2 is 2.44 bits per heavy atom. The van der Waals surface area contributed by atoms with Crippen molar-refractivity contribution < 1.29 is 9.90 Å². The molecule has 1 unspecified atom stereocenters. The van der Waals surface area contributed by atoms with Crippen molar-refractivity contribution in [2.24, 2.45) is 0 Å². The standard InChI is InChI=1S/C9H9IN4O2/c1-5(12-9(15)16)7-8(10)14-3-2-11-4-6(14)13-7/h2-5,12H,1H3,(H,15,16). The van der Waals surface area contributed by atoms with Crippen LogP contribution in [-0.2, 0) is 0 Å². The fourth-order valence-corrected chi connectivity index (χ4v) is 2.42. The van der Waals surface area contributed by atoms with Gasteiger partial charge in [-0.3, -0.25) is 9.38 Å². The van der Waals surface area contributed by atoms with Crippen molar-refractivity contribution in [3.05, 3.63) is 28.0 Å². The maximum atomic E-state index is 10.5. The third-order valence-corrected chi connectivity index (χ3v) is 3.22. The summed E-state index contributed by atoms with van der Waals surface area (Å²) in [7, 11) is 0. The minimum Gasteiger partial charge on any atom is -0.465 e. The van der Waals surface area contributed by atoms with Crippen LogP contribution < -0.4 is 5.32 Å². The number of aromatic nitrogens is 3. The predicted octanol–water partition coefficient (Wildman–Crippen LogP) is 1.66. The van der Waals surface area contributed by atoms with E-state index in [1.165, 1.54) is 0 Å². The number of rotatable bonds is 2. The lowest BCUT2D eigenvalue weighted by atomic mass is 10.3. The molecule has 2 heterocycles. The molecule has 1 atom stereocenters. The Kier molecular flexibility index (Phi) is 2.95. The van der Waals surface area contributed by atoms with Crippen molar-refractivity contribution in [3.63, 3.8) is 0 Å². The Labute approximate surface area is 105 Å². The van der Waals surface area contributed by atoms with Crippen molar-refractivity contribution in [2.45, 2.75) is 13.0 Å². The normalized spacial score (nSPS) is 12.6. The molecule has 0 saturated carbocycles. The monoisotopic (exact) mass is 332 g/mol. The Balaban J connectivity index is 2.45. The lowest BCUT2D eigenvalue weighted by molar-refractivity contribution is 0.190. The van der Waals surface area contributed by atoms with E-state index in [2.05, 4.69) is 37.9 Å². The predicted molar refractivity (Wildman–Crippen MR) is 65.3 cm³/mol. The van der Waals surface area contributed by atoms with E-state index < -0.39 is 6.09 Å². The molecule has 1 amide bonds. The number of hydrogen-bond donors (Lipinski definition) is 2. The fraction of sp³-hybridized carbons (Fsp3) is 0.222. The number of fused-ring (bicyclic) bond motifs is 1.